The summed E-state index contributed by atoms with van der Waals surface area (Å²) in [6.45, 7) is 1.15. The zero-order chi connectivity index (χ0) is 28.6. The summed E-state index contributed by atoms with van der Waals surface area (Å²) in [5.41, 5.74) is 8.78. The van der Waals surface area contributed by atoms with Crippen molar-refractivity contribution >= 4 is 46.3 Å². The first-order valence-corrected chi connectivity index (χ1v) is 13.9. The smallest absolute Gasteiger partial charge is 0.223 e. The van der Waals surface area contributed by atoms with Gasteiger partial charge < -0.3 is 25.6 Å². The molecule has 212 valence electrons. The van der Waals surface area contributed by atoms with Crippen LogP contribution in [0.4, 0.5) is 23.1 Å². The quantitative estimate of drug-likeness (QED) is 0.130. The topological polar surface area (TPSA) is 127 Å². The average molecular weight is 594 g/mol. The van der Waals surface area contributed by atoms with Crippen molar-refractivity contribution in [3.8, 4) is 0 Å². The monoisotopic (exact) mass is 592 g/mol. The number of aliphatic hydroxyl groups is 1. The molecule has 1 aromatic heterocycles. The van der Waals surface area contributed by atoms with E-state index in [0.717, 1.165) is 11.1 Å². The Hall–Kier alpha value is -3.60. The van der Waals surface area contributed by atoms with Crippen molar-refractivity contribution in [2.75, 3.05) is 17.7 Å². The third kappa shape index (κ3) is 7.78. The number of aromatic nitrogens is 2. The Morgan fingerprint density at radius 2 is 1.54 bits per heavy atom. The predicted octanol–water partition coefficient (Wildman–Crippen LogP) is 6.74. The molecule has 3 aromatic carbocycles. The number of anilines is 2. The third-order valence-electron chi connectivity index (χ3n) is 6.82. The van der Waals surface area contributed by atoms with Gasteiger partial charge in [0.05, 0.1) is 43.8 Å². The summed E-state index contributed by atoms with van der Waals surface area (Å²) in [6.07, 6.45) is -0.613. The van der Waals surface area contributed by atoms with Gasteiger partial charge in [0.2, 0.25) is 5.95 Å². The highest BCUT2D eigenvalue weighted by molar-refractivity contribution is 6.32. The predicted molar refractivity (Wildman–Crippen MR) is 160 cm³/mol. The summed E-state index contributed by atoms with van der Waals surface area (Å²) in [4.78, 5) is 8.34. The summed E-state index contributed by atoms with van der Waals surface area (Å²) < 4.78 is 12.4. The lowest BCUT2D eigenvalue weighted by Crippen LogP contribution is -2.35. The molecular formula is C30H30Cl2N6O3. The van der Waals surface area contributed by atoms with Crippen molar-refractivity contribution in [1.82, 2.24) is 9.97 Å². The molecule has 9 nitrogen and oxygen atoms in total. The number of nitrogens with zero attached hydrogens (tertiary/aromatic N) is 4. The molecule has 1 saturated carbocycles. The van der Waals surface area contributed by atoms with E-state index >= 15 is 0 Å². The molecule has 41 heavy (non-hydrogen) atoms. The number of nitrogens with two attached hydrogens (primary N) is 1. The maximum atomic E-state index is 11.4. The molecule has 1 fully saturated rings. The average Bonchev–Trinajstić information content (AvgIpc) is 3.27. The largest absolute Gasteiger partial charge is 0.391 e. The Labute approximate surface area is 248 Å². The van der Waals surface area contributed by atoms with Crippen LogP contribution >= 0.6 is 23.2 Å². The Bertz CT molecular complexity index is 1440. The fourth-order valence-electron chi connectivity index (χ4n) is 4.71. The number of benzene rings is 3. The second kappa shape index (κ2) is 13.8. The van der Waals surface area contributed by atoms with Gasteiger partial charge in [-0.1, -0.05) is 83.9 Å². The molecule has 0 amide bonds. The van der Waals surface area contributed by atoms with Crippen LogP contribution in [0.3, 0.4) is 0 Å². The van der Waals surface area contributed by atoms with Crippen LogP contribution in [0.25, 0.3) is 0 Å². The van der Waals surface area contributed by atoms with Crippen molar-refractivity contribution in [2.24, 2.45) is 16.1 Å². The molecule has 0 bridgehead atoms. The molecule has 1 heterocycles. The zero-order valence-electron chi connectivity index (χ0n) is 22.1. The number of nitrogens with one attached hydrogen (secondary N) is 1. The van der Waals surface area contributed by atoms with E-state index in [2.05, 4.69) is 25.5 Å². The highest BCUT2D eigenvalue weighted by Crippen LogP contribution is 2.37. The molecule has 11 heteroatoms. The molecule has 4 N–H and O–H groups in total. The van der Waals surface area contributed by atoms with E-state index < -0.39 is 12.1 Å². The summed E-state index contributed by atoms with van der Waals surface area (Å²) in [6, 6.07) is 26.2. The minimum absolute atomic E-state index is 0.0322. The second-order valence-corrected chi connectivity index (χ2v) is 10.5. The van der Waals surface area contributed by atoms with E-state index in [1.165, 1.54) is 0 Å². The van der Waals surface area contributed by atoms with Crippen molar-refractivity contribution in [2.45, 2.75) is 37.9 Å². The molecule has 0 aliphatic heterocycles. The maximum Gasteiger partial charge on any atom is 0.223 e. The molecule has 0 unspecified atom stereocenters. The lowest BCUT2D eigenvalue weighted by atomic mass is 10.0. The number of hydrogen-bond acceptors (Lipinski definition) is 9. The van der Waals surface area contributed by atoms with E-state index in [4.69, 9.17) is 38.4 Å². The standard InChI is InChI=1S/C30H30Cl2N6O3/c31-21-11-13-22(14-12-21)37-38-26-28(32)35-30(33)36-29(26)34-24-15-25(41-17-20-9-5-2-6-10-20)23(27(24)39)18-40-16-19-7-3-1-4-8-19/h1-14,23-25,27,39H,15-18H2,(H3,33,34,35,36)/t23-,24+,25+,27+/m1/s1. The number of hydrogen-bond donors (Lipinski definition) is 3. The molecule has 5 rings (SSSR count). The van der Waals surface area contributed by atoms with Crippen molar-refractivity contribution in [1.29, 1.82) is 0 Å². The number of rotatable bonds is 11. The molecule has 1 aliphatic rings. The van der Waals surface area contributed by atoms with Gasteiger partial charge >= 0.3 is 0 Å². The first-order chi connectivity index (χ1) is 20.0. The Kier molecular flexibility index (Phi) is 9.76. The van der Waals surface area contributed by atoms with Crippen LogP contribution in [0.15, 0.2) is 95.2 Å². The Morgan fingerprint density at radius 3 is 2.22 bits per heavy atom. The van der Waals surface area contributed by atoms with E-state index in [1.807, 2.05) is 60.7 Å². The van der Waals surface area contributed by atoms with Crippen LogP contribution in [0.1, 0.15) is 17.5 Å². The van der Waals surface area contributed by atoms with E-state index in [9.17, 15) is 5.11 Å². The normalized spacial score (nSPS) is 20.5. The first kappa shape index (κ1) is 28.9. The molecule has 4 atom stereocenters. The lowest BCUT2D eigenvalue weighted by Gasteiger charge is -2.23. The fourth-order valence-corrected chi connectivity index (χ4v) is 5.05. The third-order valence-corrected chi connectivity index (χ3v) is 7.33. The van der Waals surface area contributed by atoms with Crippen LogP contribution in [0.5, 0.6) is 0 Å². The van der Waals surface area contributed by atoms with Crippen LogP contribution in [0, 0.1) is 5.92 Å². The number of nitrogen functional groups attached to an aromatic ring is 1. The van der Waals surface area contributed by atoms with Gasteiger partial charge in [-0.2, -0.15) is 15.1 Å². The summed E-state index contributed by atoms with van der Waals surface area (Å²) in [5.74, 6) is -0.0688. The van der Waals surface area contributed by atoms with Gasteiger partial charge in [0.25, 0.3) is 0 Å². The van der Waals surface area contributed by atoms with Gasteiger partial charge in [-0.15, -0.1) is 5.11 Å². The minimum Gasteiger partial charge on any atom is -0.391 e. The SMILES string of the molecule is Nc1nc(Cl)c(N=Nc2ccc(Cl)cc2)c(N[C@H]2C[C@H](OCc3ccccc3)[C@@H](COCc3ccccc3)[C@@H]2O)n1. The highest BCUT2D eigenvalue weighted by Gasteiger charge is 2.44. The summed E-state index contributed by atoms with van der Waals surface area (Å²) in [5, 5.41) is 23.9. The van der Waals surface area contributed by atoms with Gasteiger partial charge in [-0.25, -0.2) is 0 Å². The van der Waals surface area contributed by atoms with Crippen LogP contribution in [-0.2, 0) is 22.7 Å². The second-order valence-electron chi connectivity index (χ2n) is 9.72. The van der Waals surface area contributed by atoms with Crippen LogP contribution in [-0.4, -0.2) is 39.9 Å². The molecule has 0 spiro atoms. The lowest BCUT2D eigenvalue weighted by molar-refractivity contribution is -0.0463. The fraction of sp³-hybridized carbons (Fsp3) is 0.267. The van der Waals surface area contributed by atoms with Crippen molar-refractivity contribution in [3.63, 3.8) is 0 Å². The number of aliphatic hydroxyl groups excluding tert-OH is 1. The molecule has 1 aliphatic carbocycles. The Morgan fingerprint density at radius 1 is 0.878 bits per heavy atom. The van der Waals surface area contributed by atoms with Crippen LogP contribution < -0.4 is 11.1 Å². The Balaban J connectivity index is 1.33. The van der Waals surface area contributed by atoms with Gasteiger partial charge in [0.1, 0.15) is 0 Å². The van der Waals surface area contributed by atoms with E-state index in [1.54, 1.807) is 24.3 Å². The van der Waals surface area contributed by atoms with Crippen molar-refractivity contribution < 1.29 is 14.6 Å². The summed E-state index contributed by atoms with van der Waals surface area (Å²) in [7, 11) is 0. The first-order valence-electron chi connectivity index (χ1n) is 13.2. The van der Waals surface area contributed by atoms with Gasteiger partial charge in [-0.05, 0) is 41.8 Å². The van der Waals surface area contributed by atoms with Gasteiger partial charge in [0.15, 0.2) is 16.7 Å². The van der Waals surface area contributed by atoms with E-state index in [0.29, 0.717) is 37.0 Å². The number of ether oxygens (including phenoxy) is 2. The highest BCUT2D eigenvalue weighted by atomic mass is 35.5. The van der Waals surface area contributed by atoms with Crippen molar-refractivity contribution in [3.05, 3.63) is 106 Å². The zero-order valence-corrected chi connectivity index (χ0v) is 23.6. The summed E-state index contributed by atoms with van der Waals surface area (Å²) >= 11 is 12.4. The van der Waals surface area contributed by atoms with E-state index in [-0.39, 0.29) is 34.6 Å². The van der Waals surface area contributed by atoms with Gasteiger partial charge in [-0.3, -0.25) is 0 Å². The molecular weight excluding hydrogens is 563 g/mol. The number of halogens is 2. The number of azo groups is 1. The maximum absolute atomic E-state index is 11.4. The molecule has 0 radical (unpaired) electrons. The molecule has 0 saturated heterocycles. The minimum atomic E-state index is -0.817. The molecule has 4 aromatic rings. The van der Waals surface area contributed by atoms with Gasteiger partial charge in [0, 0.05) is 10.9 Å². The van der Waals surface area contributed by atoms with Crippen LogP contribution in [0.2, 0.25) is 10.2 Å².